The summed E-state index contributed by atoms with van der Waals surface area (Å²) in [7, 11) is 0. The van der Waals surface area contributed by atoms with Crippen molar-refractivity contribution >= 4 is 17.5 Å². The number of rotatable bonds is 5. The van der Waals surface area contributed by atoms with Gasteiger partial charge in [-0.2, -0.15) is 5.26 Å². The van der Waals surface area contributed by atoms with E-state index in [9.17, 15) is 4.79 Å². The molecule has 0 atom stereocenters. The lowest BCUT2D eigenvalue weighted by molar-refractivity contribution is 0.0981. The largest absolute Gasteiger partial charge is 0.294 e. The van der Waals surface area contributed by atoms with Crippen LogP contribution in [0.25, 0.3) is 0 Å². The highest BCUT2D eigenvalue weighted by atomic mass is 32.2. The van der Waals surface area contributed by atoms with Gasteiger partial charge in [-0.15, -0.1) is 11.8 Å². The van der Waals surface area contributed by atoms with Crippen LogP contribution in [-0.4, -0.2) is 11.5 Å². The maximum Gasteiger partial charge on any atom is 0.162 e. The van der Waals surface area contributed by atoms with Crippen LogP contribution in [0, 0.1) is 11.3 Å². The predicted octanol–water partition coefficient (Wildman–Crippen LogP) is 3.29. The fraction of sp³-hybridized carbons (Fsp3) is 0.333. The zero-order chi connectivity index (χ0) is 11.1. The van der Waals surface area contributed by atoms with Crippen molar-refractivity contribution in [1.29, 1.82) is 5.26 Å². The monoisotopic (exact) mass is 219 g/mol. The standard InChI is InChI=1S/C12H13NOS/c1-2-3-12(14)10-4-6-11(7-5-10)15-9-8-13/h4-7H,2-3,9H2,1H3. The van der Waals surface area contributed by atoms with Crippen molar-refractivity contribution in [3.05, 3.63) is 29.8 Å². The molecular weight excluding hydrogens is 206 g/mol. The van der Waals surface area contributed by atoms with Crippen molar-refractivity contribution in [1.82, 2.24) is 0 Å². The number of carbonyl (C=O) groups excluding carboxylic acids is 1. The lowest BCUT2D eigenvalue weighted by Crippen LogP contribution is -1.97. The first kappa shape index (κ1) is 11.8. The van der Waals surface area contributed by atoms with Crippen molar-refractivity contribution < 1.29 is 4.79 Å². The van der Waals surface area contributed by atoms with Gasteiger partial charge in [-0.1, -0.05) is 19.1 Å². The molecule has 0 aliphatic carbocycles. The molecule has 0 spiro atoms. The third kappa shape index (κ3) is 3.77. The molecule has 0 aliphatic heterocycles. The number of hydrogen-bond acceptors (Lipinski definition) is 3. The molecule has 0 fully saturated rings. The molecule has 0 aromatic heterocycles. The average Bonchev–Trinajstić information content (AvgIpc) is 2.27. The summed E-state index contributed by atoms with van der Waals surface area (Å²) in [6, 6.07) is 9.52. The van der Waals surface area contributed by atoms with Crippen LogP contribution in [0.3, 0.4) is 0 Å². The Balaban J connectivity index is 2.64. The Labute approximate surface area is 94.3 Å². The number of nitriles is 1. The highest BCUT2D eigenvalue weighted by Crippen LogP contribution is 2.18. The minimum absolute atomic E-state index is 0.189. The van der Waals surface area contributed by atoms with Crippen LogP contribution in [0.2, 0.25) is 0 Å². The Kier molecular flexibility index (Phi) is 4.92. The van der Waals surface area contributed by atoms with Gasteiger partial charge in [-0.25, -0.2) is 0 Å². The number of ketones is 1. The summed E-state index contributed by atoms with van der Waals surface area (Å²) in [6.07, 6.45) is 1.48. The van der Waals surface area contributed by atoms with E-state index in [1.165, 1.54) is 11.8 Å². The molecule has 15 heavy (non-hydrogen) atoms. The maximum atomic E-state index is 11.5. The second kappa shape index (κ2) is 6.26. The number of benzene rings is 1. The first-order valence-corrected chi connectivity index (χ1v) is 5.89. The van der Waals surface area contributed by atoms with Crippen molar-refractivity contribution in [2.45, 2.75) is 24.7 Å². The van der Waals surface area contributed by atoms with Gasteiger partial charge in [0.05, 0.1) is 11.8 Å². The minimum Gasteiger partial charge on any atom is -0.294 e. The Morgan fingerprint density at radius 1 is 1.40 bits per heavy atom. The summed E-state index contributed by atoms with van der Waals surface area (Å²) in [6.45, 7) is 2.00. The second-order valence-electron chi connectivity index (χ2n) is 3.14. The fourth-order valence-corrected chi connectivity index (χ4v) is 1.78. The quantitative estimate of drug-likeness (QED) is 0.563. The molecular formula is C12H13NOS. The molecule has 2 nitrogen and oxygen atoms in total. The topological polar surface area (TPSA) is 40.9 Å². The summed E-state index contributed by atoms with van der Waals surface area (Å²) in [5.41, 5.74) is 0.762. The van der Waals surface area contributed by atoms with Crippen LogP contribution in [0.5, 0.6) is 0 Å². The molecule has 0 saturated carbocycles. The number of nitrogens with zero attached hydrogens (tertiary/aromatic N) is 1. The van der Waals surface area contributed by atoms with E-state index in [2.05, 4.69) is 6.07 Å². The molecule has 0 saturated heterocycles. The lowest BCUT2D eigenvalue weighted by Gasteiger charge is -2.00. The van der Waals surface area contributed by atoms with Gasteiger partial charge in [0.2, 0.25) is 0 Å². The highest BCUT2D eigenvalue weighted by Gasteiger charge is 2.03. The van der Waals surface area contributed by atoms with E-state index in [0.29, 0.717) is 12.2 Å². The molecule has 0 unspecified atom stereocenters. The van der Waals surface area contributed by atoms with Crippen LogP contribution >= 0.6 is 11.8 Å². The van der Waals surface area contributed by atoms with Gasteiger partial charge in [0.25, 0.3) is 0 Å². The van der Waals surface area contributed by atoms with E-state index in [0.717, 1.165) is 16.9 Å². The average molecular weight is 219 g/mol. The predicted molar refractivity (Wildman–Crippen MR) is 62.0 cm³/mol. The Hall–Kier alpha value is -1.27. The number of Topliss-reactive ketones (excluding diaryl/α,β-unsaturated/α-hetero) is 1. The minimum atomic E-state index is 0.189. The first-order chi connectivity index (χ1) is 7.27. The summed E-state index contributed by atoms with van der Waals surface area (Å²) < 4.78 is 0. The summed E-state index contributed by atoms with van der Waals surface area (Å²) in [5.74, 6) is 0.636. The van der Waals surface area contributed by atoms with Crippen LogP contribution in [0.15, 0.2) is 29.2 Å². The van der Waals surface area contributed by atoms with Gasteiger partial charge < -0.3 is 0 Å². The van der Waals surface area contributed by atoms with Crippen molar-refractivity contribution in [2.24, 2.45) is 0 Å². The Bertz CT molecular complexity index is 364. The molecule has 3 heteroatoms. The normalized spacial score (nSPS) is 9.60. The molecule has 0 bridgehead atoms. The van der Waals surface area contributed by atoms with Crippen molar-refractivity contribution in [2.75, 3.05) is 5.75 Å². The van der Waals surface area contributed by atoms with Gasteiger partial charge >= 0.3 is 0 Å². The van der Waals surface area contributed by atoms with E-state index in [1.807, 2.05) is 31.2 Å². The van der Waals surface area contributed by atoms with Gasteiger partial charge in [-0.05, 0) is 18.6 Å². The SMILES string of the molecule is CCCC(=O)c1ccc(SCC#N)cc1. The van der Waals surface area contributed by atoms with Gasteiger partial charge in [0.15, 0.2) is 5.78 Å². The lowest BCUT2D eigenvalue weighted by atomic mass is 10.1. The van der Waals surface area contributed by atoms with E-state index < -0.39 is 0 Å². The first-order valence-electron chi connectivity index (χ1n) is 4.91. The smallest absolute Gasteiger partial charge is 0.162 e. The zero-order valence-corrected chi connectivity index (χ0v) is 9.51. The van der Waals surface area contributed by atoms with E-state index in [-0.39, 0.29) is 5.78 Å². The van der Waals surface area contributed by atoms with Gasteiger partial charge in [-0.3, -0.25) is 4.79 Å². The zero-order valence-electron chi connectivity index (χ0n) is 8.69. The van der Waals surface area contributed by atoms with E-state index >= 15 is 0 Å². The summed E-state index contributed by atoms with van der Waals surface area (Å²) in [4.78, 5) is 12.5. The second-order valence-corrected chi connectivity index (χ2v) is 4.19. The molecule has 0 aliphatic rings. The van der Waals surface area contributed by atoms with Crippen molar-refractivity contribution in [3.8, 4) is 6.07 Å². The summed E-state index contributed by atoms with van der Waals surface area (Å²) in [5, 5.41) is 8.42. The van der Waals surface area contributed by atoms with Crippen LogP contribution in [0.4, 0.5) is 0 Å². The van der Waals surface area contributed by atoms with Crippen LogP contribution < -0.4 is 0 Å². The Morgan fingerprint density at radius 2 is 2.07 bits per heavy atom. The van der Waals surface area contributed by atoms with Crippen molar-refractivity contribution in [3.63, 3.8) is 0 Å². The molecule has 1 aromatic carbocycles. The Morgan fingerprint density at radius 3 is 2.60 bits per heavy atom. The third-order valence-electron chi connectivity index (χ3n) is 1.96. The van der Waals surface area contributed by atoms with Crippen LogP contribution in [0.1, 0.15) is 30.1 Å². The maximum absolute atomic E-state index is 11.5. The molecule has 0 amide bonds. The molecule has 78 valence electrons. The van der Waals surface area contributed by atoms with E-state index in [1.54, 1.807) is 0 Å². The molecule has 0 radical (unpaired) electrons. The highest BCUT2D eigenvalue weighted by molar-refractivity contribution is 7.99. The fourth-order valence-electron chi connectivity index (χ4n) is 1.22. The van der Waals surface area contributed by atoms with Crippen LogP contribution in [-0.2, 0) is 0 Å². The van der Waals surface area contributed by atoms with E-state index in [4.69, 9.17) is 5.26 Å². The molecule has 0 heterocycles. The number of carbonyl (C=O) groups is 1. The van der Waals surface area contributed by atoms with Gasteiger partial charge in [0, 0.05) is 16.9 Å². The number of thioether (sulfide) groups is 1. The molecule has 0 N–H and O–H groups in total. The molecule has 1 rings (SSSR count). The summed E-state index contributed by atoms with van der Waals surface area (Å²) >= 11 is 1.48. The third-order valence-corrected chi connectivity index (χ3v) is 2.84. The molecule has 1 aromatic rings. The van der Waals surface area contributed by atoms with Gasteiger partial charge in [0.1, 0.15) is 0 Å². The number of hydrogen-bond donors (Lipinski definition) is 0.